The van der Waals surface area contributed by atoms with E-state index in [-0.39, 0.29) is 37.3 Å². The van der Waals surface area contributed by atoms with Crippen LogP contribution in [0.1, 0.15) is 88.0 Å². The Hall–Kier alpha value is -4.31. The standard InChI is InChI=1S/C43H55NO8/c1-5-6-9-20-36(50-51-42(30(2)3)27-44-52-49-31(4)33-17-12-8-13-18-33)22-23-37-38-24-34-19-14-21-41(39(34)25-35(38)26-40(37)45)47-29-43(46)48-28-32-15-10-7-11-16-32/h7-8,10-19,21,27,30,35-38,40,44-45H,4-6,9,20,22-26,28-29H2,1-3H3/t35-,36-,37+,38-,40+/m0/s1. The Balaban J connectivity index is 1.13. The average molecular weight is 714 g/mol. The molecule has 1 fully saturated rings. The number of unbranched alkanes of at least 4 members (excludes halogenated alkanes) is 2. The van der Waals surface area contributed by atoms with E-state index < -0.39 is 5.97 Å². The number of hydroxylamine groups is 1. The van der Waals surface area contributed by atoms with Crippen molar-refractivity contribution in [2.45, 2.75) is 97.4 Å². The first-order valence-electron chi connectivity index (χ1n) is 18.8. The molecule has 0 saturated heterocycles. The molecule has 0 spiro atoms. The number of aliphatic hydroxyl groups is 1. The van der Waals surface area contributed by atoms with E-state index in [1.165, 1.54) is 5.56 Å². The van der Waals surface area contributed by atoms with Gasteiger partial charge in [0.05, 0.1) is 12.3 Å². The van der Waals surface area contributed by atoms with Gasteiger partial charge in [-0.1, -0.05) is 124 Å². The molecule has 0 radical (unpaired) electrons. The zero-order valence-electron chi connectivity index (χ0n) is 30.8. The highest BCUT2D eigenvalue weighted by atomic mass is 17.3. The molecule has 280 valence electrons. The minimum absolute atomic E-state index is 0.0262. The fourth-order valence-electron chi connectivity index (χ4n) is 7.34. The number of benzene rings is 3. The van der Waals surface area contributed by atoms with Crippen LogP contribution in [0.15, 0.2) is 97.4 Å². The van der Waals surface area contributed by atoms with E-state index in [0.29, 0.717) is 23.4 Å². The number of fused-ring (bicyclic) bond motifs is 2. The zero-order valence-corrected chi connectivity index (χ0v) is 30.8. The number of esters is 1. The van der Waals surface area contributed by atoms with Crippen LogP contribution >= 0.6 is 0 Å². The van der Waals surface area contributed by atoms with Crippen molar-refractivity contribution in [1.29, 1.82) is 0 Å². The Morgan fingerprint density at radius 2 is 1.73 bits per heavy atom. The average Bonchev–Trinajstić information content (AvgIpc) is 3.47. The second-order valence-corrected chi connectivity index (χ2v) is 14.3. The monoisotopic (exact) mass is 713 g/mol. The maximum Gasteiger partial charge on any atom is 0.344 e. The molecule has 2 aliphatic carbocycles. The lowest BCUT2D eigenvalue weighted by Gasteiger charge is -2.32. The topological polar surface area (TPSA) is 105 Å². The molecule has 5 atom stereocenters. The minimum atomic E-state index is -0.397. The van der Waals surface area contributed by atoms with Crippen molar-refractivity contribution in [3.8, 4) is 5.75 Å². The summed E-state index contributed by atoms with van der Waals surface area (Å²) in [4.78, 5) is 34.9. The molecule has 9 heteroatoms. The second-order valence-electron chi connectivity index (χ2n) is 14.3. The van der Waals surface area contributed by atoms with Crippen LogP contribution < -0.4 is 10.2 Å². The smallest absolute Gasteiger partial charge is 0.344 e. The Morgan fingerprint density at radius 1 is 0.962 bits per heavy atom. The van der Waals surface area contributed by atoms with E-state index in [1.54, 1.807) is 6.20 Å². The van der Waals surface area contributed by atoms with Crippen molar-refractivity contribution >= 4 is 11.7 Å². The van der Waals surface area contributed by atoms with Crippen LogP contribution in [0.25, 0.3) is 5.76 Å². The molecule has 3 aromatic carbocycles. The summed E-state index contributed by atoms with van der Waals surface area (Å²) in [5.74, 6) is 2.19. The molecule has 0 amide bonds. The highest BCUT2D eigenvalue weighted by molar-refractivity contribution is 5.71. The van der Waals surface area contributed by atoms with Gasteiger partial charge >= 0.3 is 5.97 Å². The molecule has 5 rings (SSSR count). The van der Waals surface area contributed by atoms with Gasteiger partial charge in [-0.05, 0) is 79.0 Å². The van der Waals surface area contributed by atoms with Crippen LogP contribution in [-0.2, 0) is 48.6 Å². The molecule has 9 nitrogen and oxygen atoms in total. The zero-order chi connectivity index (χ0) is 36.7. The highest BCUT2D eigenvalue weighted by Crippen LogP contribution is 2.48. The van der Waals surface area contributed by atoms with Gasteiger partial charge in [0.15, 0.2) is 18.1 Å². The maximum absolute atomic E-state index is 12.5. The normalized spacial score (nSPS) is 20.1. The maximum atomic E-state index is 12.5. The molecule has 3 aromatic rings. The summed E-state index contributed by atoms with van der Waals surface area (Å²) in [6.45, 7) is 10.2. The largest absolute Gasteiger partial charge is 0.482 e. The van der Waals surface area contributed by atoms with Crippen molar-refractivity contribution in [3.63, 3.8) is 0 Å². The molecular formula is C43H55NO8. The molecule has 1 saturated carbocycles. The predicted molar refractivity (Wildman–Crippen MR) is 200 cm³/mol. The van der Waals surface area contributed by atoms with Gasteiger partial charge in [-0.15, -0.1) is 0 Å². The third-order valence-electron chi connectivity index (χ3n) is 10.2. The number of carbonyl (C=O) groups is 1. The summed E-state index contributed by atoms with van der Waals surface area (Å²) in [5, 5.41) is 11.3. The third kappa shape index (κ3) is 11.3. The Labute approximate surface area is 308 Å². The molecule has 0 unspecified atom stereocenters. The molecule has 2 N–H and O–H groups in total. The van der Waals surface area contributed by atoms with Crippen molar-refractivity contribution in [1.82, 2.24) is 5.48 Å². The van der Waals surface area contributed by atoms with Crippen LogP contribution in [0.3, 0.4) is 0 Å². The summed E-state index contributed by atoms with van der Waals surface area (Å²) < 4.78 is 11.4. The number of ether oxygens (including phenoxy) is 2. The number of rotatable bonds is 21. The molecule has 0 aromatic heterocycles. The van der Waals surface area contributed by atoms with E-state index >= 15 is 0 Å². The van der Waals surface area contributed by atoms with Crippen LogP contribution in [0.4, 0.5) is 0 Å². The SMILES string of the molecule is C=C(OONC=C(OO[C@@H](CCCCC)CC[C@@H]1[C@H]2Cc3cccc(OCC(=O)OCc4ccccc4)c3C[C@H]2C[C@H]1O)C(C)C)c1ccccc1. The van der Waals surface area contributed by atoms with Gasteiger partial charge in [-0.3, -0.25) is 0 Å². The van der Waals surface area contributed by atoms with Gasteiger partial charge in [0.1, 0.15) is 18.5 Å². The van der Waals surface area contributed by atoms with Crippen molar-refractivity contribution < 1.29 is 39.0 Å². The van der Waals surface area contributed by atoms with Crippen molar-refractivity contribution in [2.24, 2.45) is 23.7 Å². The van der Waals surface area contributed by atoms with Gasteiger partial charge in [-0.25, -0.2) is 10.3 Å². The summed E-state index contributed by atoms with van der Waals surface area (Å²) in [5.41, 5.74) is 6.80. The molecular weight excluding hydrogens is 658 g/mol. The number of carbonyl (C=O) groups excluding carboxylic acids is 1. The molecule has 2 aliphatic rings. The van der Waals surface area contributed by atoms with Gasteiger partial charge in [0, 0.05) is 11.5 Å². The fourth-order valence-corrected chi connectivity index (χ4v) is 7.34. The number of hydrogen-bond donors (Lipinski definition) is 2. The lowest BCUT2D eigenvalue weighted by Crippen LogP contribution is -2.28. The number of hydrogen-bond acceptors (Lipinski definition) is 9. The van der Waals surface area contributed by atoms with E-state index in [0.717, 1.165) is 80.2 Å². The van der Waals surface area contributed by atoms with Crippen molar-refractivity contribution in [3.05, 3.63) is 120 Å². The lowest BCUT2D eigenvalue weighted by molar-refractivity contribution is -0.306. The summed E-state index contributed by atoms with van der Waals surface area (Å²) in [6, 6.07) is 25.2. The van der Waals surface area contributed by atoms with Gasteiger partial charge in [0.2, 0.25) is 0 Å². The Kier molecular flexibility index (Phi) is 15.0. The quantitative estimate of drug-likeness (QED) is 0.0369. The van der Waals surface area contributed by atoms with Crippen LogP contribution in [0.5, 0.6) is 5.75 Å². The van der Waals surface area contributed by atoms with Gasteiger partial charge in [0.25, 0.3) is 0 Å². The number of nitrogens with one attached hydrogen (secondary N) is 1. The van der Waals surface area contributed by atoms with Crippen LogP contribution in [0.2, 0.25) is 0 Å². The number of aliphatic hydroxyl groups excluding tert-OH is 1. The summed E-state index contributed by atoms with van der Waals surface area (Å²) in [6.07, 6.45) is 9.32. The molecule has 0 bridgehead atoms. The second kappa shape index (κ2) is 20.1. The summed E-state index contributed by atoms with van der Waals surface area (Å²) >= 11 is 0. The molecule has 0 heterocycles. The number of allylic oxidation sites excluding steroid dienone is 1. The summed E-state index contributed by atoms with van der Waals surface area (Å²) in [7, 11) is 0. The minimum Gasteiger partial charge on any atom is -0.482 e. The van der Waals surface area contributed by atoms with Crippen LogP contribution in [-0.4, -0.2) is 29.9 Å². The van der Waals surface area contributed by atoms with E-state index in [2.05, 4.69) is 25.0 Å². The molecule has 52 heavy (non-hydrogen) atoms. The van der Waals surface area contributed by atoms with E-state index in [9.17, 15) is 9.90 Å². The first kappa shape index (κ1) is 38.9. The third-order valence-corrected chi connectivity index (χ3v) is 10.2. The van der Waals surface area contributed by atoms with Gasteiger partial charge in [-0.2, -0.15) is 4.89 Å². The Morgan fingerprint density at radius 3 is 2.48 bits per heavy atom. The van der Waals surface area contributed by atoms with Crippen LogP contribution in [0, 0.1) is 23.7 Å². The lowest BCUT2D eigenvalue weighted by atomic mass is 9.73. The fraction of sp³-hybridized carbons (Fsp3) is 0.465. The van der Waals surface area contributed by atoms with Gasteiger partial charge < -0.3 is 24.4 Å². The first-order chi connectivity index (χ1) is 25.3. The predicted octanol–water partition coefficient (Wildman–Crippen LogP) is 8.82. The Bertz CT molecular complexity index is 1580. The molecule has 0 aliphatic heterocycles. The highest BCUT2D eigenvalue weighted by Gasteiger charge is 2.45. The van der Waals surface area contributed by atoms with E-state index in [1.807, 2.05) is 86.6 Å². The van der Waals surface area contributed by atoms with Crippen molar-refractivity contribution in [2.75, 3.05) is 6.61 Å². The van der Waals surface area contributed by atoms with E-state index in [4.69, 9.17) is 29.1 Å². The first-order valence-corrected chi connectivity index (χ1v) is 18.8.